The van der Waals surface area contributed by atoms with Gasteiger partial charge in [-0.3, -0.25) is 14.4 Å². The van der Waals surface area contributed by atoms with Crippen molar-refractivity contribution in [2.45, 2.75) is 412 Å². The van der Waals surface area contributed by atoms with Gasteiger partial charge in [-0.15, -0.1) is 0 Å². The zero-order chi connectivity index (χ0) is 59.9. The van der Waals surface area contributed by atoms with E-state index in [4.69, 9.17) is 14.2 Å². The van der Waals surface area contributed by atoms with Gasteiger partial charge in [0, 0.05) is 19.3 Å². The van der Waals surface area contributed by atoms with E-state index in [1.165, 1.54) is 283 Å². The van der Waals surface area contributed by atoms with Crippen molar-refractivity contribution in [1.82, 2.24) is 0 Å². The van der Waals surface area contributed by atoms with Gasteiger partial charge in [-0.05, 0) is 83.5 Å². The van der Waals surface area contributed by atoms with E-state index in [1.54, 1.807) is 0 Å². The maximum atomic E-state index is 13.0. The smallest absolute Gasteiger partial charge is 0.306 e. The second-order valence-corrected chi connectivity index (χ2v) is 25.2. The van der Waals surface area contributed by atoms with Crippen molar-refractivity contribution in [3.05, 3.63) is 48.6 Å². The fourth-order valence-corrected chi connectivity index (χ4v) is 11.2. The first-order valence-corrected chi connectivity index (χ1v) is 37.1. The highest BCUT2D eigenvalue weighted by Gasteiger charge is 2.19. The first kappa shape index (κ1) is 80.4. The quantitative estimate of drug-likeness (QED) is 0.0261. The second-order valence-electron chi connectivity index (χ2n) is 25.2. The van der Waals surface area contributed by atoms with Gasteiger partial charge in [-0.1, -0.05) is 352 Å². The highest BCUT2D eigenvalue weighted by Crippen LogP contribution is 2.19. The van der Waals surface area contributed by atoms with Gasteiger partial charge in [0.25, 0.3) is 0 Å². The number of allylic oxidation sites excluding steroid dienone is 8. The summed E-state index contributed by atoms with van der Waals surface area (Å²) in [4.78, 5) is 38.5. The number of carbonyl (C=O) groups is 3. The van der Waals surface area contributed by atoms with E-state index >= 15 is 0 Å². The zero-order valence-corrected chi connectivity index (χ0v) is 56.0. The zero-order valence-electron chi connectivity index (χ0n) is 56.0. The third-order valence-electron chi connectivity index (χ3n) is 16.8. The summed E-state index contributed by atoms with van der Waals surface area (Å²) in [6.45, 7) is 6.68. The van der Waals surface area contributed by atoms with E-state index in [2.05, 4.69) is 69.4 Å². The van der Waals surface area contributed by atoms with Gasteiger partial charge >= 0.3 is 17.9 Å². The number of ether oxygens (including phenoxy) is 3. The standard InChI is InChI=1S/C77H142O6/c1-4-7-10-13-16-19-22-25-28-30-32-34-35-36-37-38-39-40-41-43-44-46-49-52-55-58-61-64-67-70-76(79)82-73-74(72-81-75(78)69-66-63-60-57-54-51-48-27-24-21-18-15-12-9-6-3)83-77(80)71-68-65-62-59-56-53-50-47-45-42-33-31-29-26-23-20-17-14-11-8-5-2/h23,26-27,31,33,45,47-48,74H,4-22,24-25,28-30,32,34-44,46,49-73H2,1-3H3/b26-23-,33-31-,47-45-,48-27-. The van der Waals surface area contributed by atoms with Crippen LogP contribution in [0.15, 0.2) is 48.6 Å². The summed E-state index contributed by atoms with van der Waals surface area (Å²) in [5.41, 5.74) is 0. The Morgan fingerprint density at radius 2 is 0.434 bits per heavy atom. The molecule has 0 fully saturated rings. The highest BCUT2D eigenvalue weighted by atomic mass is 16.6. The van der Waals surface area contributed by atoms with Crippen LogP contribution >= 0.6 is 0 Å². The maximum Gasteiger partial charge on any atom is 0.306 e. The molecule has 0 saturated carbocycles. The molecule has 0 rings (SSSR count). The number of carbonyl (C=O) groups excluding carboxylic acids is 3. The Balaban J connectivity index is 4.25. The molecule has 1 atom stereocenters. The second kappa shape index (κ2) is 71.8. The first-order chi connectivity index (χ1) is 41.0. The first-order valence-electron chi connectivity index (χ1n) is 37.1. The van der Waals surface area contributed by atoms with Crippen LogP contribution in [0.4, 0.5) is 0 Å². The van der Waals surface area contributed by atoms with Gasteiger partial charge < -0.3 is 14.2 Å². The van der Waals surface area contributed by atoms with Gasteiger partial charge in [-0.2, -0.15) is 0 Å². The van der Waals surface area contributed by atoms with Gasteiger partial charge in [0.15, 0.2) is 6.10 Å². The lowest BCUT2D eigenvalue weighted by Crippen LogP contribution is -2.30. The molecule has 0 heterocycles. The van der Waals surface area contributed by atoms with E-state index in [9.17, 15) is 14.4 Å². The van der Waals surface area contributed by atoms with Crippen molar-refractivity contribution < 1.29 is 28.6 Å². The molecule has 0 spiro atoms. The van der Waals surface area contributed by atoms with Gasteiger partial charge in [0.05, 0.1) is 0 Å². The SMILES string of the molecule is CCCCCCC/C=C\C/C=C\C/C=C\CCCCCCCCC(=O)OC(COC(=O)CCCCCCC/C=C\CCCCCCCC)COC(=O)CCCCCCCCCCCCCCCCCCCCCCCCCCCCCCC. The maximum absolute atomic E-state index is 13.0. The molecule has 0 N–H and O–H groups in total. The van der Waals surface area contributed by atoms with Crippen LogP contribution in [-0.2, 0) is 28.6 Å². The van der Waals surface area contributed by atoms with Gasteiger partial charge in [0.1, 0.15) is 13.2 Å². The largest absolute Gasteiger partial charge is 0.462 e. The van der Waals surface area contributed by atoms with Crippen molar-refractivity contribution in [3.63, 3.8) is 0 Å². The van der Waals surface area contributed by atoms with Crippen LogP contribution in [-0.4, -0.2) is 37.2 Å². The molecule has 0 aliphatic rings. The lowest BCUT2D eigenvalue weighted by Gasteiger charge is -2.18. The Morgan fingerprint density at radius 1 is 0.241 bits per heavy atom. The molecule has 0 aromatic carbocycles. The Bertz CT molecular complexity index is 1430. The van der Waals surface area contributed by atoms with Crippen LogP contribution in [0.3, 0.4) is 0 Å². The van der Waals surface area contributed by atoms with Crippen LogP contribution < -0.4 is 0 Å². The Kier molecular flexibility index (Phi) is 69.6. The predicted octanol–water partition coefficient (Wildman–Crippen LogP) is 25.7. The number of esters is 3. The third-order valence-corrected chi connectivity index (χ3v) is 16.8. The Morgan fingerprint density at radius 3 is 0.687 bits per heavy atom. The summed E-state index contributed by atoms with van der Waals surface area (Å²) in [6, 6.07) is 0. The predicted molar refractivity (Wildman–Crippen MR) is 362 cm³/mol. The molecule has 0 radical (unpaired) electrons. The number of rotatable bonds is 69. The summed E-state index contributed by atoms with van der Waals surface area (Å²) in [6.07, 6.45) is 91.5. The summed E-state index contributed by atoms with van der Waals surface area (Å²) < 4.78 is 17.0. The molecular weight excluding hydrogens is 1020 g/mol. The average Bonchev–Trinajstić information content (AvgIpc) is 3.49. The summed E-state index contributed by atoms with van der Waals surface area (Å²) in [7, 11) is 0. The van der Waals surface area contributed by atoms with E-state index in [0.717, 1.165) is 83.5 Å². The van der Waals surface area contributed by atoms with Crippen LogP contribution in [0.25, 0.3) is 0 Å². The van der Waals surface area contributed by atoms with Crippen molar-refractivity contribution in [2.24, 2.45) is 0 Å². The van der Waals surface area contributed by atoms with E-state index in [1.807, 2.05) is 0 Å². The van der Waals surface area contributed by atoms with E-state index in [-0.39, 0.29) is 31.1 Å². The molecule has 0 bridgehead atoms. The average molecular weight is 1160 g/mol. The molecule has 6 nitrogen and oxygen atoms in total. The number of unbranched alkanes of at least 4 members (excludes halogenated alkanes) is 50. The molecule has 1 unspecified atom stereocenters. The number of hydrogen-bond acceptors (Lipinski definition) is 6. The summed E-state index contributed by atoms with van der Waals surface area (Å²) in [5.74, 6) is -0.872. The van der Waals surface area contributed by atoms with Gasteiger partial charge in [-0.25, -0.2) is 0 Å². The lowest BCUT2D eigenvalue weighted by molar-refractivity contribution is -0.167. The molecule has 0 aromatic rings. The molecule has 6 heteroatoms. The minimum Gasteiger partial charge on any atom is -0.462 e. The molecule has 0 aliphatic heterocycles. The van der Waals surface area contributed by atoms with E-state index in [0.29, 0.717) is 19.3 Å². The normalized spacial score (nSPS) is 12.3. The highest BCUT2D eigenvalue weighted by molar-refractivity contribution is 5.71. The molecule has 486 valence electrons. The molecule has 83 heavy (non-hydrogen) atoms. The van der Waals surface area contributed by atoms with Crippen LogP contribution in [0.5, 0.6) is 0 Å². The van der Waals surface area contributed by atoms with E-state index < -0.39 is 6.10 Å². The van der Waals surface area contributed by atoms with Crippen molar-refractivity contribution in [3.8, 4) is 0 Å². The van der Waals surface area contributed by atoms with Crippen molar-refractivity contribution in [1.29, 1.82) is 0 Å². The summed E-state index contributed by atoms with van der Waals surface area (Å²) >= 11 is 0. The van der Waals surface area contributed by atoms with Crippen LogP contribution in [0, 0.1) is 0 Å². The Labute approximate surface area is 518 Å². The molecule has 0 saturated heterocycles. The van der Waals surface area contributed by atoms with Gasteiger partial charge in [0.2, 0.25) is 0 Å². The summed E-state index contributed by atoms with van der Waals surface area (Å²) in [5, 5.41) is 0. The number of hydrogen-bond donors (Lipinski definition) is 0. The molecule has 0 aliphatic carbocycles. The minimum atomic E-state index is -0.784. The Hall–Kier alpha value is -2.63. The molecule has 0 aromatic heterocycles. The third kappa shape index (κ3) is 70.0. The van der Waals surface area contributed by atoms with Crippen LogP contribution in [0.2, 0.25) is 0 Å². The minimum absolute atomic E-state index is 0.0772. The van der Waals surface area contributed by atoms with Crippen molar-refractivity contribution >= 4 is 17.9 Å². The fourth-order valence-electron chi connectivity index (χ4n) is 11.2. The monoisotopic (exact) mass is 1160 g/mol. The van der Waals surface area contributed by atoms with Crippen LogP contribution in [0.1, 0.15) is 406 Å². The van der Waals surface area contributed by atoms with Crippen molar-refractivity contribution in [2.75, 3.05) is 13.2 Å². The molecular formula is C77H142O6. The lowest BCUT2D eigenvalue weighted by atomic mass is 10.0. The molecule has 0 amide bonds. The fraction of sp³-hybridized carbons (Fsp3) is 0.857. The topological polar surface area (TPSA) is 78.9 Å².